The zero-order valence-electron chi connectivity index (χ0n) is 12.0. The first-order chi connectivity index (χ1) is 9.67. The number of aromatic nitrogens is 1. The highest BCUT2D eigenvalue weighted by Gasteiger charge is 2.29. The Morgan fingerprint density at radius 3 is 3.00 bits per heavy atom. The van der Waals surface area contributed by atoms with E-state index in [1.165, 1.54) is 12.8 Å². The number of nitrogens with zero attached hydrogens (tertiary/aromatic N) is 1. The van der Waals surface area contributed by atoms with Crippen molar-refractivity contribution in [2.75, 3.05) is 6.54 Å². The number of aliphatic hydroxyl groups is 1. The molecule has 0 spiro atoms. The smallest absolute Gasteiger partial charge is 0.0889 e. The van der Waals surface area contributed by atoms with E-state index < -0.39 is 5.60 Å². The lowest BCUT2D eigenvalue weighted by Crippen LogP contribution is -2.39. The molecule has 3 heteroatoms. The Labute approximate surface area is 120 Å². The van der Waals surface area contributed by atoms with Crippen molar-refractivity contribution in [2.24, 2.45) is 0 Å². The van der Waals surface area contributed by atoms with Gasteiger partial charge in [0, 0.05) is 17.6 Å². The van der Waals surface area contributed by atoms with Gasteiger partial charge in [-0.1, -0.05) is 24.6 Å². The number of pyridine rings is 1. The Kier molecular flexibility index (Phi) is 3.72. The fraction of sp³-hybridized carbons (Fsp3) is 0.471. The molecule has 1 saturated heterocycles. The molecule has 1 aliphatic rings. The average Bonchev–Trinajstić information content (AvgIpc) is 2.47. The molecular weight excluding hydrogens is 248 g/mol. The van der Waals surface area contributed by atoms with Gasteiger partial charge in [-0.3, -0.25) is 4.98 Å². The highest BCUT2D eigenvalue weighted by atomic mass is 16.3. The van der Waals surface area contributed by atoms with E-state index in [2.05, 4.69) is 10.3 Å². The molecule has 3 rings (SSSR count). The van der Waals surface area contributed by atoms with Gasteiger partial charge < -0.3 is 10.4 Å². The lowest BCUT2D eigenvalue weighted by molar-refractivity contribution is 0.0346. The molecule has 0 aliphatic carbocycles. The first-order valence-corrected chi connectivity index (χ1v) is 7.47. The van der Waals surface area contributed by atoms with Crippen LogP contribution in [0.3, 0.4) is 0 Å². The second kappa shape index (κ2) is 5.51. The summed E-state index contributed by atoms with van der Waals surface area (Å²) in [5.41, 5.74) is 1.11. The predicted octanol–water partition coefficient (Wildman–Crippen LogP) is 2.97. The summed E-state index contributed by atoms with van der Waals surface area (Å²) in [6.45, 7) is 2.99. The van der Waals surface area contributed by atoms with Crippen LogP contribution in [0.15, 0.2) is 36.5 Å². The highest BCUT2D eigenvalue weighted by molar-refractivity contribution is 5.82. The quantitative estimate of drug-likeness (QED) is 0.901. The summed E-state index contributed by atoms with van der Waals surface area (Å²) in [5, 5.41) is 15.5. The van der Waals surface area contributed by atoms with Crippen molar-refractivity contribution < 1.29 is 5.11 Å². The minimum atomic E-state index is -0.822. The molecule has 20 heavy (non-hydrogen) atoms. The van der Waals surface area contributed by atoms with Crippen LogP contribution < -0.4 is 5.32 Å². The lowest BCUT2D eigenvalue weighted by atomic mass is 9.84. The summed E-state index contributed by atoms with van der Waals surface area (Å²) in [6.07, 6.45) is 6.20. The highest BCUT2D eigenvalue weighted by Crippen LogP contribution is 2.32. The number of rotatable bonds is 3. The number of hydrogen-bond acceptors (Lipinski definition) is 3. The monoisotopic (exact) mass is 270 g/mol. The number of nitrogens with one attached hydrogen (secondary N) is 1. The summed E-state index contributed by atoms with van der Waals surface area (Å²) in [6, 6.07) is 10.4. The van der Waals surface area contributed by atoms with Gasteiger partial charge in [-0.15, -0.1) is 0 Å². The second-order valence-corrected chi connectivity index (χ2v) is 6.00. The minimum Gasteiger partial charge on any atom is -0.385 e. The SMILES string of the molecule is CC(O)(CC1CCCCN1)c1cccc2ncccc12. The topological polar surface area (TPSA) is 45.1 Å². The van der Waals surface area contributed by atoms with Crippen LogP contribution >= 0.6 is 0 Å². The zero-order valence-corrected chi connectivity index (χ0v) is 12.0. The fourth-order valence-electron chi connectivity index (χ4n) is 3.26. The summed E-state index contributed by atoms with van der Waals surface area (Å²) in [7, 11) is 0. The van der Waals surface area contributed by atoms with E-state index in [0.29, 0.717) is 6.04 Å². The van der Waals surface area contributed by atoms with Crippen LogP contribution in [0.1, 0.15) is 38.2 Å². The van der Waals surface area contributed by atoms with E-state index in [-0.39, 0.29) is 0 Å². The maximum Gasteiger partial charge on any atom is 0.0889 e. The van der Waals surface area contributed by atoms with Crippen molar-refractivity contribution in [1.29, 1.82) is 0 Å². The van der Waals surface area contributed by atoms with Crippen LogP contribution in [0.4, 0.5) is 0 Å². The number of hydrogen-bond donors (Lipinski definition) is 2. The molecule has 2 unspecified atom stereocenters. The molecule has 0 radical (unpaired) electrons. The van der Waals surface area contributed by atoms with Crippen molar-refractivity contribution in [3.63, 3.8) is 0 Å². The van der Waals surface area contributed by atoms with Crippen LogP contribution in [-0.4, -0.2) is 22.7 Å². The summed E-state index contributed by atoms with van der Waals surface area (Å²) >= 11 is 0. The lowest BCUT2D eigenvalue weighted by Gasteiger charge is -2.32. The number of piperidine rings is 1. The van der Waals surface area contributed by atoms with Crippen LogP contribution in [0.25, 0.3) is 10.9 Å². The van der Waals surface area contributed by atoms with Gasteiger partial charge in [0.1, 0.15) is 0 Å². The van der Waals surface area contributed by atoms with Crippen molar-refractivity contribution in [3.05, 3.63) is 42.1 Å². The van der Waals surface area contributed by atoms with Crippen molar-refractivity contribution in [2.45, 2.75) is 44.2 Å². The van der Waals surface area contributed by atoms with Gasteiger partial charge in [0.15, 0.2) is 0 Å². The van der Waals surface area contributed by atoms with Crippen molar-refractivity contribution in [1.82, 2.24) is 10.3 Å². The van der Waals surface area contributed by atoms with Crippen molar-refractivity contribution in [3.8, 4) is 0 Å². The Morgan fingerprint density at radius 1 is 1.30 bits per heavy atom. The maximum absolute atomic E-state index is 11.0. The van der Waals surface area contributed by atoms with Gasteiger partial charge in [-0.25, -0.2) is 0 Å². The first-order valence-electron chi connectivity index (χ1n) is 7.47. The Hall–Kier alpha value is -1.45. The van der Waals surface area contributed by atoms with Gasteiger partial charge in [-0.05, 0) is 50.4 Å². The van der Waals surface area contributed by atoms with Crippen LogP contribution in [0.2, 0.25) is 0 Å². The molecule has 2 aromatic rings. The van der Waals surface area contributed by atoms with E-state index >= 15 is 0 Å². The van der Waals surface area contributed by atoms with Crippen molar-refractivity contribution >= 4 is 10.9 Å². The van der Waals surface area contributed by atoms with Gasteiger partial charge in [0.05, 0.1) is 11.1 Å². The molecule has 1 fully saturated rings. The molecule has 3 nitrogen and oxygen atoms in total. The largest absolute Gasteiger partial charge is 0.385 e. The molecule has 2 heterocycles. The summed E-state index contributed by atoms with van der Waals surface area (Å²) in [4.78, 5) is 4.38. The minimum absolute atomic E-state index is 0.408. The Bertz CT molecular complexity index is 583. The molecule has 0 bridgehead atoms. The molecular formula is C17H22N2O. The van der Waals surface area contributed by atoms with Gasteiger partial charge in [0.25, 0.3) is 0 Å². The fourth-order valence-corrected chi connectivity index (χ4v) is 3.26. The molecule has 0 saturated carbocycles. The number of fused-ring (bicyclic) bond motifs is 1. The van der Waals surface area contributed by atoms with E-state index in [1.807, 2.05) is 37.3 Å². The standard InChI is InChI=1S/C17H22N2O/c1-17(20,12-13-6-2-3-10-18-13)15-8-4-9-16-14(15)7-5-11-19-16/h4-5,7-9,11,13,18,20H,2-3,6,10,12H2,1H3. The first kappa shape index (κ1) is 13.5. The normalized spacial score (nSPS) is 22.6. The maximum atomic E-state index is 11.0. The third-order valence-corrected chi connectivity index (χ3v) is 4.28. The van der Waals surface area contributed by atoms with Gasteiger partial charge in [0.2, 0.25) is 0 Å². The molecule has 2 N–H and O–H groups in total. The molecule has 1 aromatic carbocycles. The zero-order chi connectivity index (χ0) is 14.0. The van der Waals surface area contributed by atoms with E-state index in [1.54, 1.807) is 6.20 Å². The molecule has 1 aromatic heterocycles. The van der Waals surface area contributed by atoms with E-state index in [4.69, 9.17) is 0 Å². The Morgan fingerprint density at radius 2 is 2.20 bits per heavy atom. The molecule has 2 atom stereocenters. The van der Waals surface area contributed by atoms with E-state index in [9.17, 15) is 5.11 Å². The third kappa shape index (κ3) is 2.69. The van der Waals surface area contributed by atoms with Crippen LogP contribution in [-0.2, 0) is 5.60 Å². The second-order valence-electron chi connectivity index (χ2n) is 6.00. The number of benzene rings is 1. The molecule has 1 aliphatic heterocycles. The van der Waals surface area contributed by atoms with Crippen LogP contribution in [0, 0.1) is 0 Å². The van der Waals surface area contributed by atoms with E-state index in [0.717, 1.165) is 35.9 Å². The van der Waals surface area contributed by atoms with Crippen LogP contribution in [0.5, 0.6) is 0 Å². The molecule has 106 valence electrons. The summed E-state index contributed by atoms with van der Waals surface area (Å²) in [5.74, 6) is 0. The third-order valence-electron chi connectivity index (χ3n) is 4.28. The molecule has 0 amide bonds. The summed E-state index contributed by atoms with van der Waals surface area (Å²) < 4.78 is 0. The Balaban J connectivity index is 1.91. The van der Waals surface area contributed by atoms with Gasteiger partial charge in [-0.2, -0.15) is 0 Å². The average molecular weight is 270 g/mol. The van der Waals surface area contributed by atoms with Gasteiger partial charge >= 0.3 is 0 Å². The predicted molar refractivity (Wildman–Crippen MR) is 81.6 cm³/mol.